The van der Waals surface area contributed by atoms with Crippen molar-refractivity contribution in [1.82, 2.24) is 9.97 Å². The molecule has 0 unspecified atom stereocenters. The molecule has 1 aliphatic rings. The third-order valence-electron chi connectivity index (χ3n) is 2.27. The Morgan fingerprint density at radius 2 is 2.33 bits per heavy atom. The Hall–Kier alpha value is -0.320. The van der Waals surface area contributed by atoms with E-state index >= 15 is 0 Å². The highest BCUT2D eigenvalue weighted by molar-refractivity contribution is 7.99. The molecule has 0 aliphatic carbocycles. The molecule has 0 N–H and O–H groups in total. The van der Waals surface area contributed by atoms with Crippen LogP contribution in [0.1, 0.15) is 17.9 Å². The third-order valence-corrected chi connectivity index (χ3v) is 3.87. The molecule has 0 spiro atoms. The second-order valence-corrected chi connectivity index (χ2v) is 4.86. The second-order valence-electron chi connectivity index (χ2n) is 3.40. The molecule has 2 rings (SSSR count). The van der Waals surface area contributed by atoms with Crippen LogP contribution in [0.5, 0.6) is 0 Å². The van der Waals surface area contributed by atoms with E-state index in [-0.39, 0.29) is 0 Å². The number of aromatic nitrogens is 2. The Morgan fingerprint density at radius 3 is 3.13 bits per heavy atom. The van der Waals surface area contributed by atoms with Crippen molar-refractivity contribution >= 4 is 23.4 Å². The molecule has 1 aromatic rings. The van der Waals surface area contributed by atoms with E-state index in [1.54, 1.807) is 18.9 Å². The van der Waals surface area contributed by atoms with Crippen LogP contribution in [0.2, 0.25) is 5.15 Å². The minimum absolute atomic E-state index is 0.607. The maximum atomic E-state index is 6.11. The van der Waals surface area contributed by atoms with E-state index in [4.69, 9.17) is 16.3 Å². The van der Waals surface area contributed by atoms with Gasteiger partial charge in [-0.1, -0.05) is 11.6 Å². The molecule has 5 heteroatoms. The highest BCUT2D eigenvalue weighted by atomic mass is 35.5. The van der Waals surface area contributed by atoms with Gasteiger partial charge >= 0.3 is 0 Å². The van der Waals surface area contributed by atoms with Crippen LogP contribution in [0, 0.1) is 0 Å². The molecule has 82 valence electrons. The second kappa shape index (κ2) is 5.14. The third kappa shape index (κ3) is 2.62. The standard InChI is InChI=1S/C10H13ClN2OS/c1-14-5-4-8-12-7-3-2-6-15-9(7)10(11)13-8/h2-6H2,1H3. The molecule has 0 saturated carbocycles. The van der Waals surface area contributed by atoms with Crippen LogP contribution >= 0.6 is 23.4 Å². The van der Waals surface area contributed by atoms with E-state index in [2.05, 4.69) is 9.97 Å². The summed E-state index contributed by atoms with van der Waals surface area (Å²) in [6.45, 7) is 0.641. The summed E-state index contributed by atoms with van der Waals surface area (Å²) in [5.41, 5.74) is 1.11. The summed E-state index contributed by atoms with van der Waals surface area (Å²) < 4.78 is 5.00. The van der Waals surface area contributed by atoms with E-state index in [0.717, 1.165) is 35.0 Å². The molecule has 0 bridgehead atoms. The number of ether oxygens (including phenoxy) is 1. The zero-order valence-electron chi connectivity index (χ0n) is 8.62. The predicted octanol–water partition coefficient (Wildman–Crippen LogP) is 2.36. The van der Waals surface area contributed by atoms with Crippen molar-refractivity contribution in [3.8, 4) is 0 Å². The fourth-order valence-corrected chi connectivity index (χ4v) is 2.89. The van der Waals surface area contributed by atoms with Gasteiger partial charge in [-0.2, -0.15) is 0 Å². The number of hydrogen-bond acceptors (Lipinski definition) is 4. The Labute approximate surface area is 98.6 Å². The largest absolute Gasteiger partial charge is 0.384 e. The Balaban J connectivity index is 2.24. The molecule has 0 fully saturated rings. The molecule has 0 radical (unpaired) electrons. The Bertz CT molecular complexity index is 360. The van der Waals surface area contributed by atoms with Crippen LogP contribution in [-0.2, 0) is 17.6 Å². The predicted molar refractivity (Wildman–Crippen MR) is 61.7 cm³/mol. The van der Waals surface area contributed by atoms with Crippen molar-refractivity contribution in [1.29, 1.82) is 0 Å². The zero-order chi connectivity index (χ0) is 10.7. The monoisotopic (exact) mass is 244 g/mol. The number of hydrogen-bond donors (Lipinski definition) is 0. The molecule has 3 nitrogen and oxygen atoms in total. The van der Waals surface area contributed by atoms with Gasteiger partial charge in [-0.15, -0.1) is 11.8 Å². The Kier molecular flexibility index (Phi) is 3.83. The van der Waals surface area contributed by atoms with Gasteiger partial charge in [0.25, 0.3) is 0 Å². The molecule has 0 atom stereocenters. The Morgan fingerprint density at radius 1 is 1.47 bits per heavy atom. The van der Waals surface area contributed by atoms with Gasteiger partial charge in [0, 0.05) is 13.5 Å². The van der Waals surface area contributed by atoms with Crippen LogP contribution in [-0.4, -0.2) is 29.4 Å². The number of rotatable bonds is 3. The molecular formula is C10H13ClN2OS. The smallest absolute Gasteiger partial charge is 0.146 e. The summed E-state index contributed by atoms with van der Waals surface area (Å²) in [6, 6.07) is 0. The zero-order valence-corrected chi connectivity index (χ0v) is 10.2. The summed E-state index contributed by atoms with van der Waals surface area (Å²) in [4.78, 5) is 9.87. The van der Waals surface area contributed by atoms with Gasteiger partial charge in [-0.25, -0.2) is 9.97 Å². The lowest BCUT2D eigenvalue weighted by Crippen LogP contribution is -2.09. The molecule has 2 heterocycles. The molecule has 0 amide bonds. The van der Waals surface area contributed by atoms with Gasteiger partial charge in [-0.05, 0) is 18.6 Å². The summed E-state index contributed by atoms with van der Waals surface area (Å²) in [5.74, 6) is 1.91. The highest BCUT2D eigenvalue weighted by Crippen LogP contribution is 2.33. The first-order valence-corrected chi connectivity index (χ1v) is 6.34. The number of halogens is 1. The van der Waals surface area contributed by atoms with Crippen LogP contribution < -0.4 is 0 Å². The average Bonchev–Trinajstić information content (AvgIpc) is 2.26. The molecule has 1 aromatic heterocycles. The van der Waals surface area contributed by atoms with Crippen molar-refractivity contribution in [2.45, 2.75) is 24.2 Å². The van der Waals surface area contributed by atoms with E-state index in [1.165, 1.54) is 6.42 Å². The van der Waals surface area contributed by atoms with E-state index in [9.17, 15) is 0 Å². The molecular weight excluding hydrogens is 232 g/mol. The minimum atomic E-state index is 0.607. The van der Waals surface area contributed by atoms with Gasteiger partial charge < -0.3 is 4.74 Å². The van der Waals surface area contributed by atoms with Crippen molar-refractivity contribution in [3.63, 3.8) is 0 Å². The van der Waals surface area contributed by atoms with Gasteiger partial charge in [-0.3, -0.25) is 0 Å². The van der Waals surface area contributed by atoms with Gasteiger partial charge in [0.1, 0.15) is 11.0 Å². The minimum Gasteiger partial charge on any atom is -0.384 e. The van der Waals surface area contributed by atoms with Crippen LogP contribution in [0.15, 0.2) is 4.90 Å². The fourth-order valence-electron chi connectivity index (χ4n) is 1.55. The van der Waals surface area contributed by atoms with Gasteiger partial charge in [0.15, 0.2) is 0 Å². The fraction of sp³-hybridized carbons (Fsp3) is 0.600. The van der Waals surface area contributed by atoms with E-state index < -0.39 is 0 Å². The van der Waals surface area contributed by atoms with Crippen molar-refractivity contribution in [2.75, 3.05) is 19.5 Å². The van der Waals surface area contributed by atoms with Crippen molar-refractivity contribution < 1.29 is 4.74 Å². The average molecular weight is 245 g/mol. The molecule has 0 aromatic carbocycles. The maximum absolute atomic E-state index is 6.11. The molecule has 0 saturated heterocycles. The number of aryl methyl sites for hydroxylation is 1. The first-order valence-electron chi connectivity index (χ1n) is 4.98. The summed E-state index contributed by atoms with van der Waals surface area (Å²) >= 11 is 7.87. The van der Waals surface area contributed by atoms with Gasteiger partial charge in [0.2, 0.25) is 0 Å². The summed E-state index contributed by atoms with van der Waals surface area (Å²) in [6.07, 6.45) is 2.92. The van der Waals surface area contributed by atoms with Crippen LogP contribution in [0.4, 0.5) is 0 Å². The molecule has 1 aliphatic heterocycles. The van der Waals surface area contributed by atoms with Crippen LogP contribution in [0.25, 0.3) is 0 Å². The lowest BCUT2D eigenvalue weighted by Gasteiger charge is -2.15. The lowest BCUT2D eigenvalue weighted by molar-refractivity contribution is 0.200. The number of nitrogens with zero attached hydrogens (tertiary/aromatic N) is 2. The molecule has 15 heavy (non-hydrogen) atoms. The first-order chi connectivity index (χ1) is 7.31. The maximum Gasteiger partial charge on any atom is 0.146 e. The van der Waals surface area contributed by atoms with Gasteiger partial charge in [0.05, 0.1) is 17.2 Å². The lowest BCUT2D eigenvalue weighted by atomic mass is 10.2. The highest BCUT2D eigenvalue weighted by Gasteiger charge is 2.16. The number of methoxy groups -OCH3 is 1. The van der Waals surface area contributed by atoms with Crippen molar-refractivity contribution in [2.24, 2.45) is 0 Å². The summed E-state index contributed by atoms with van der Waals surface area (Å²) in [5, 5.41) is 0.607. The first kappa shape index (κ1) is 11.2. The van der Waals surface area contributed by atoms with Crippen molar-refractivity contribution in [3.05, 3.63) is 16.7 Å². The summed E-state index contributed by atoms with van der Waals surface area (Å²) in [7, 11) is 1.68. The van der Waals surface area contributed by atoms with E-state index in [1.807, 2.05) is 0 Å². The van der Waals surface area contributed by atoms with Crippen LogP contribution in [0.3, 0.4) is 0 Å². The number of thioether (sulfide) groups is 1. The van der Waals surface area contributed by atoms with E-state index in [0.29, 0.717) is 11.8 Å². The SMILES string of the molecule is COCCc1nc(Cl)c2c(n1)CCCS2. The quantitative estimate of drug-likeness (QED) is 0.765. The normalized spacial score (nSPS) is 15.1. The number of fused-ring (bicyclic) bond motifs is 1. The topological polar surface area (TPSA) is 35.0 Å².